The minimum Gasteiger partial charge on any atom is -0.363 e. The highest BCUT2D eigenvalue weighted by molar-refractivity contribution is 5.30. The number of aryl methyl sites for hydroxylation is 1. The van der Waals surface area contributed by atoms with Crippen molar-refractivity contribution in [3.05, 3.63) is 24.4 Å². The zero-order valence-electron chi connectivity index (χ0n) is 7.23. The van der Waals surface area contributed by atoms with Crippen LogP contribution in [0.4, 0.5) is 5.82 Å². The lowest BCUT2D eigenvalue weighted by molar-refractivity contribution is 0.716. The summed E-state index contributed by atoms with van der Waals surface area (Å²) in [4.78, 5) is 6.91. The van der Waals surface area contributed by atoms with Crippen LogP contribution in [-0.2, 0) is 13.6 Å². The second-order valence-electron chi connectivity index (χ2n) is 2.67. The fourth-order valence-electron chi connectivity index (χ4n) is 1.02. The van der Waals surface area contributed by atoms with E-state index in [1.54, 1.807) is 23.4 Å². The van der Waals surface area contributed by atoms with Crippen molar-refractivity contribution in [2.75, 3.05) is 5.32 Å². The molecule has 0 spiro atoms. The first-order valence-electron chi connectivity index (χ1n) is 3.92. The first-order valence-corrected chi connectivity index (χ1v) is 3.92. The monoisotopic (exact) mass is 178 g/mol. The second-order valence-corrected chi connectivity index (χ2v) is 2.67. The number of H-pyrrole nitrogens is 1. The van der Waals surface area contributed by atoms with Crippen LogP contribution < -0.4 is 5.32 Å². The zero-order chi connectivity index (χ0) is 9.10. The Hall–Kier alpha value is -1.85. The van der Waals surface area contributed by atoms with Gasteiger partial charge in [0, 0.05) is 13.2 Å². The first-order chi connectivity index (χ1) is 6.36. The van der Waals surface area contributed by atoms with Gasteiger partial charge in [0.2, 0.25) is 0 Å². The second kappa shape index (κ2) is 3.26. The normalized spacial score (nSPS) is 10.2. The molecule has 0 aliphatic heterocycles. The van der Waals surface area contributed by atoms with Crippen LogP contribution in [0.1, 0.15) is 5.69 Å². The molecule has 0 saturated carbocycles. The van der Waals surface area contributed by atoms with Crippen LogP contribution in [0.15, 0.2) is 18.7 Å². The molecule has 2 heterocycles. The minimum absolute atomic E-state index is 0.696. The lowest BCUT2D eigenvalue weighted by Gasteiger charge is -2.02. The summed E-state index contributed by atoms with van der Waals surface area (Å²) in [5.41, 5.74) is 1.03. The third kappa shape index (κ3) is 1.66. The van der Waals surface area contributed by atoms with Crippen LogP contribution in [0.25, 0.3) is 0 Å². The number of imidazole rings is 1. The number of hydrogen-bond acceptors (Lipinski definition) is 4. The molecule has 68 valence electrons. The van der Waals surface area contributed by atoms with E-state index in [9.17, 15) is 0 Å². The lowest BCUT2D eigenvalue weighted by Crippen LogP contribution is -2.04. The molecule has 0 fully saturated rings. The Kier molecular flexibility index (Phi) is 1.95. The Bertz CT molecular complexity index is 362. The van der Waals surface area contributed by atoms with Crippen molar-refractivity contribution in [1.82, 2.24) is 25.0 Å². The summed E-state index contributed by atoms with van der Waals surface area (Å²) in [6.45, 7) is 0.696. The van der Waals surface area contributed by atoms with Crippen LogP contribution in [0.5, 0.6) is 0 Å². The molecule has 0 aromatic carbocycles. The van der Waals surface area contributed by atoms with Gasteiger partial charge in [0.25, 0.3) is 0 Å². The summed E-state index contributed by atoms with van der Waals surface area (Å²) in [5.74, 6) is 0.884. The van der Waals surface area contributed by atoms with E-state index in [2.05, 4.69) is 25.6 Å². The van der Waals surface area contributed by atoms with Crippen molar-refractivity contribution >= 4 is 5.82 Å². The number of nitrogens with zero attached hydrogens (tertiary/aromatic N) is 4. The Balaban J connectivity index is 1.97. The summed E-state index contributed by atoms with van der Waals surface area (Å²) in [7, 11) is 1.84. The van der Waals surface area contributed by atoms with Crippen molar-refractivity contribution in [2.24, 2.45) is 7.05 Å². The van der Waals surface area contributed by atoms with E-state index in [0.717, 1.165) is 11.5 Å². The van der Waals surface area contributed by atoms with E-state index in [1.807, 2.05) is 7.05 Å². The summed E-state index contributed by atoms with van der Waals surface area (Å²) >= 11 is 0. The van der Waals surface area contributed by atoms with E-state index >= 15 is 0 Å². The third-order valence-corrected chi connectivity index (χ3v) is 1.73. The molecular weight excluding hydrogens is 168 g/mol. The van der Waals surface area contributed by atoms with Gasteiger partial charge >= 0.3 is 0 Å². The third-order valence-electron chi connectivity index (χ3n) is 1.73. The van der Waals surface area contributed by atoms with Gasteiger partial charge in [0.05, 0.1) is 24.8 Å². The Labute approximate surface area is 75.0 Å². The summed E-state index contributed by atoms with van der Waals surface area (Å²) in [6.07, 6.45) is 5.10. The first kappa shape index (κ1) is 7.78. The molecule has 6 nitrogen and oxygen atoms in total. The fraction of sp³-hybridized carbons (Fsp3) is 0.286. The van der Waals surface area contributed by atoms with E-state index in [4.69, 9.17) is 0 Å². The molecule has 0 aliphatic rings. The molecule has 2 N–H and O–H groups in total. The Morgan fingerprint density at radius 3 is 3.08 bits per heavy atom. The van der Waals surface area contributed by atoms with Crippen molar-refractivity contribution in [3.8, 4) is 0 Å². The van der Waals surface area contributed by atoms with Gasteiger partial charge < -0.3 is 10.3 Å². The molecule has 0 saturated heterocycles. The topological polar surface area (TPSA) is 71.4 Å². The number of hydrogen-bond donors (Lipinski definition) is 2. The van der Waals surface area contributed by atoms with E-state index in [0.29, 0.717) is 6.54 Å². The molecular formula is C7H10N6. The molecule has 2 aromatic rings. The molecule has 13 heavy (non-hydrogen) atoms. The maximum absolute atomic E-state index is 3.91. The van der Waals surface area contributed by atoms with Gasteiger partial charge in [-0.15, -0.1) is 5.10 Å². The zero-order valence-corrected chi connectivity index (χ0v) is 7.23. The molecule has 6 heteroatoms. The largest absolute Gasteiger partial charge is 0.363 e. The maximum atomic E-state index is 3.91. The van der Waals surface area contributed by atoms with Crippen LogP contribution in [-0.4, -0.2) is 25.0 Å². The smallest absolute Gasteiger partial charge is 0.144 e. The highest BCUT2D eigenvalue weighted by atomic mass is 15.4. The molecule has 0 atom stereocenters. The quantitative estimate of drug-likeness (QED) is 0.701. The van der Waals surface area contributed by atoms with Crippen molar-refractivity contribution in [2.45, 2.75) is 6.54 Å². The number of aromatic amines is 1. The summed E-state index contributed by atoms with van der Waals surface area (Å²) in [6, 6.07) is 0. The van der Waals surface area contributed by atoms with E-state index in [-0.39, 0.29) is 0 Å². The van der Waals surface area contributed by atoms with Crippen LogP contribution in [0, 0.1) is 0 Å². The van der Waals surface area contributed by atoms with Crippen LogP contribution >= 0.6 is 0 Å². The fourth-order valence-corrected chi connectivity index (χ4v) is 1.02. The SMILES string of the molecule is Cn1nncc1NCc1cnc[nH]1. The van der Waals surface area contributed by atoms with Gasteiger partial charge in [-0.05, 0) is 0 Å². The number of rotatable bonds is 3. The van der Waals surface area contributed by atoms with E-state index in [1.165, 1.54) is 0 Å². The average Bonchev–Trinajstić information content (AvgIpc) is 2.72. The number of anilines is 1. The predicted molar refractivity (Wildman–Crippen MR) is 46.9 cm³/mol. The maximum Gasteiger partial charge on any atom is 0.144 e. The van der Waals surface area contributed by atoms with Crippen LogP contribution in [0.2, 0.25) is 0 Å². The highest BCUT2D eigenvalue weighted by Gasteiger charge is 1.98. The van der Waals surface area contributed by atoms with Crippen molar-refractivity contribution in [3.63, 3.8) is 0 Å². The Morgan fingerprint density at radius 2 is 2.46 bits per heavy atom. The molecule has 2 aromatic heterocycles. The van der Waals surface area contributed by atoms with Gasteiger partial charge in [-0.3, -0.25) is 0 Å². The van der Waals surface area contributed by atoms with E-state index < -0.39 is 0 Å². The van der Waals surface area contributed by atoms with Crippen LogP contribution in [0.3, 0.4) is 0 Å². The van der Waals surface area contributed by atoms with Gasteiger partial charge in [-0.2, -0.15) is 0 Å². The number of nitrogens with one attached hydrogen (secondary N) is 2. The molecule has 0 unspecified atom stereocenters. The van der Waals surface area contributed by atoms with Gasteiger partial charge in [0.15, 0.2) is 0 Å². The standard InChI is InChI=1S/C7H10N6/c1-13-7(4-11-12-13)9-3-6-2-8-5-10-6/h2,4-5,9H,3H2,1H3,(H,8,10). The van der Waals surface area contributed by atoms with Gasteiger partial charge in [-0.25, -0.2) is 9.67 Å². The van der Waals surface area contributed by atoms with Crippen molar-refractivity contribution in [1.29, 1.82) is 0 Å². The van der Waals surface area contributed by atoms with Gasteiger partial charge in [-0.1, -0.05) is 5.21 Å². The minimum atomic E-state index is 0.696. The highest BCUT2D eigenvalue weighted by Crippen LogP contribution is 2.02. The molecule has 0 aliphatic carbocycles. The summed E-state index contributed by atoms with van der Waals surface area (Å²) < 4.78 is 1.68. The summed E-state index contributed by atoms with van der Waals surface area (Å²) in [5, 5.41) is 10.7. The van der Waals surface area contributed by atoms with Crippen molar-refractivity contribution < 1.29 is 0 Å². The lowest BCUT2D eigenvalue weighted by atomic mass is 10.5. The molecule has 2 rings (SSSR count). The molecule has 0 bridgehead atoms. The predicted octanol–water partition coefficient (Wildman–Crippen LogP) is 0.150. The molecule has 0 radical (unpaired) electrons. The van der Waals surface area contributed by atoms with Gasteiger partial charge in [0.1, 0.15) is 5.82 Å². The Morgan fingerprint density at radius 1 is 1.54 bits per heavy atom. The molecule has 0 amide bonds. The average molecular weight is 178 g/mol. The number of aromatic nitrogens is 5.